The average Bonchev–Trinajstić information content (AvgIpc) is 2.73. The second-order valence-corrected chi connectivity index (χ2v) is 7.34. The van der Waals surface area contributed by atoms with E-state index in [0.29, 0.717) is 34.1 Å². The molecule has 5 N–H and O–H groups in total. The van der Waals surface area contributed by atoms with Crippen molar-refractivity contribution in [2.75, 3.05) is 13.2 Å². The van der Waals surface area contributed by atoms with Crippen molar-refractivity contribution in [1.29, 1.82) is 0 Å². The first-order valence-electron chi connectivity index (χ1n) is 9.38. The van der Waals surface area contributed by atoms with Crippen LogP contribution in [0.4, 0.5) is 0 Å². The summed E-state index contributed by atoms with van der Waals surface area (Å²) in [6.45, 7) is 1.90. The SMILES string of the molecule is CCOc1ccc(C(O)c2cc(C3O[C@H](CO)[C@@H](O)[C@H](O)[C@H]3O)ccc2Cl)cc1. The van der Waals surface area contributed by atoms with Gasteiger partial charge in [-0.05, 0) is 42.3 Å². The second-order valence-electron chi connectivity index (χ2n) is 6.94. The predicted molar refractivity (Wildman–Crippen MR) is 106 cm³/mol. The van der Waals surface area contributed by atoms with Crippen molar-refractivity contribution in [3.05, 3.63) is 64.2 Å². The number of halogens is 1. The molecule has 158 valence electrons. The van der Waals surface area contributed by atoms with Crippen molar-refractivity contribution in [2.45, 2.75) is 43.5 Å². The van der Waals surface area contributed by atoms with Gasteiger partial charge in [-0.2, -0.15) is 0 Å². The highest BCUT2D eigenvalue weighted by molar-refractivity contribution is 6.31. The molecule has 1 fully saturated rings. The van der Waals surface area contributed by atoms with Gasteiger partial charge in [0.15, 0.2) is 0 Å². The highest BCUT2D eigenvalue weighted by Crippen LogP contribution is 2.36. The standard InChI is InChI=1S/C21H25ClO7/c1-2-28-13-6-3-11(4-7-13)17(24)14-9-12(5-8-15(14)22)21-20(27)19(26)18(25)16(10-23)29-21/h3-9,16-21,23-27H,2,10H2,1H3/t16-,17?,18-,19+,20-,21?/m1/s1. The quantitative estimate of drug-likeness (QED) is 0.474. The van der Waals surface area contributed by atoms with E-state index < -0.39 is 43.2 Å². The lowest BCUT2D eigenvalue weighted by Crippen LogP contribution is -2.55. The molecule has 0 aliphatic carbocycles. The molecule has 7 nitrogen and oxygen atoms in total. The van der Waals surface area contributed by atoms with Crippen LogP contribution in [0.1, 0.15) is 35.8 Å². The summed E-state index contributed by atoms with van der Waals surface area (Å²) < 4.78 is 11.0. The normalized spacial score (nSPS) is 28.2. The lowest BCUT2D eigenvalue weighted by atomic mass is 9.89. The summed E-state index contributed by atoms with van der Waals surface area (Å²) in [5.41, 5.74) is 1.44. The van der Waals surface area contributed by atoms with Crippen LogP contribution < -0.4 is 4.74 Å². The van der Waals surface area contributed by atoms with Gasteiger partial charge in [-0.1, -0.05) is 29.8 Å². The zero-order valence-electron chi connectivity index (χ0n) is 15.9. The van der Waals surface area contributed by atoms with Crippen molar-refractivity contribution in [1.82, 2.24) is 0 Å². The van der Waals surface area contributed by atoms with Crippen LogP contribution in [0, 0.1) is 0 Å². The Bertz CT molecular complexity index is 811. The Kier molecular flexibility index (Phi) is 7.13. The fourth-order valence-corrected chi connectivity index (χ4v) is 3.64. The van der Waals surface area contributed by atoms with Crippen LogP contribution in [0.25, 0.3) is 0 Å². The molecule has 1 aliphatic heterocycles. The monoisotopic (exact) mass is 424 g/mol. The number of hydrogen-bond donors (Lipinski definition) is 5. The van der Waals surface area contributed by atoms with E-state index in [1.54, 1.807) is 42.5 Å². The molecular weight excluding hydrogens is 400 g/mol. The maximum atomic E-state index is 10.8. The Morgan fingerprint density at radius 2 is 1.72 bits per heavy atom. The van der Waals surface area contributed by atoms with Crippen LogP contribution in [0.2, 0.25) is 5.02 Å². The second kappa shape index (κ2) is 9.40. The van der Waals surface area contributed by atoms with Gasteiger partial charge in [-0.3, -0.25) is 0 Å². The van der Waals surface area contributed by atoms with Crippen molar-refractivity contribution >= 4 is 11.6 Å². The lowest BCUT2D eigenvalue weighted by Gasteiger charge is -2.40. The van der Waals surface area contributed by atoms with Crippen LogP contribution in [-0.4, -0.2) is 63.2 Å². The van der Waals surface area contributed by atoms with Crippen molar-refractivity contribution in [2.24, 2.45) is 0 Å². The van der Waals surface area contributed by atoms with Crippen LogP contribution in [0.15, 0.2) is 42.5 Å². The molecular formula is C21H25ClO7. The summed E-state index contributed by atoms with van der Waals surface area (Å²) in [7, 11) is 0. The summed E-state index contributed by atoms with van der Waals surface area (Å²) >= 11 is 6.29. The Labute approximate surface area is 173 Å². The molecule has 0 saturated carbocycles. The third-order valence-electron chi connectivity index (χ3n) is 5.04. The van der Waals surface area contributed by atoms with Gasteiger partial charge in [0.25, 0.3) is 0 Å². The van der Waals surface area contributed by atoms with Gasteiger partial charge in [-0.25, -0.2) is 0 Å². The Morgan fingerprint density at radius 1 is 1.03 bits per heavy atom. The maximum Gasteiger partial charge on any atom is 0.119 e. The lowest BCUT2D eigenvalue weighted by molar-refractivity contribution is -0.231. The van der Waals surface area contributed by atoms with Crippen molar-refractivity contribution < 1.29 is 35.0 Å². The Morgan fingerprint density at radius 3 is 2.34 bits per heavy atom. The third-order valence-corrected chi connectivity index (χ3v) is 5.39. The van der Waals surface area contributed by atoms with E-state index in [-0.39, 0.29) is 0 Å². The first-order chi connectivity index (χ1) is 13.9. The van der Waals surface area contributed by atoms with E-state index in [9.17, 15) is 25.5 Å². The van der Waals surface area contributed by atoms with E-state index in [0.717, 1.165) is 0 Å². The topological polar surface area (TPSA) is 120 Å². The molecule has 1 saturated heterocycles. The molecule has 2 aromatic carbocycles. The summed E-state index contributed by atoms with van der Waals surface area (Å²) in [6.07, 6.45) is -7.40. The first kappa shape index (κ1) is 22.0. The minimum absolute atomic E-state index is 0.319. The van der Waals surface area contributed by atoms with E-state index in [2.05, 4.69) is 0 Å². The molecule has 0 spiro atoms. The van der Waals surface area contributed by atoms with Gasteiger partial charge in [0, 0.05) is 10.6 Å². The highest BCUT2D eigenvalue weighted by atomic mass is 35.5. The third kappa shape index (κ3) is 4.57. The zero-order valence-corrected chi connectivity index (χ0v) is 16.6. The van der Waals surface area contributed by atoms with Gasteiger partial charge in [0.05, 0.1) is 13.2 Å². The maximum absolute atomic E-state index is 10.8. The minimum Gasteiger partial charge on any atom is -0.494 e. The summed E-state index contributed by atoms with van der Waals surface area (Å²) in [6, 6.07) is 11.7. The van der Waals surface area contributed by atoms with Gasteiger partial charge >= 0.3 is 0 Å². The summed E-state index contributed by atoms with van der Waals surface area (Å²) in [5, 5.41) is 50.8. The number of ether oxygens (including phenoxy) is 2. The number of rotatable bonds is 6. The van der Waals surface area contributed by atoms with Gasteiger partial charge < -0.3 is 35.0 Å². The van der Waals surface area contributed by atoms with Crippen LogP contribution in [0.3, 0.4) is 0 Å². The number of aliphatic hydroxyl groups is 5. The summed E-state index contributed by atoms with van der Waals surface area (Å²) in [4.78, 5) is 0. The number of hydrogen-bond acceptors (Lipinski definition) is 7. The molecule has 0 radical (unpaired) electrons. The van der Waals surface area contributed by atoms with Crippen LogP contribution >= 0.6 is 11.6 Å². The van der Waals surface area contributed by atoms with Crippen LogP contribution in [-0.2, 0) is 4.74 Å². The largest absolute Gasteiger partial charge is 0.494 e. The molecule has 2 aromatic rings. The minimum atomic E-state index is -1.49. The molecule has 2 unspecified atom stereocenters. The van der Waals surface area contributed by atoms with Gasteiger partial charge in [0.2, 0.25) is 0 Å². The highest BCUT2D eigenvalue weighted by Gasteiger charge is 2.44. The molecule has 0 aromatic heterocycles. The van der Waals surface area contributed by atoms with E-state index in [1.165, 1.54) is 0 Å². The smallest absolute Gasteiger partial charge is 0.119 e. The Balaban J connectivity index is 1.89. The fourth-order valence-electron chi connectivity index (χ4n) is 3.42. The fraction of sp³-hybridized carbons (Fsp3) is 0.429. The molecule has 8 heteroatoms. The van der Waals surface area contributed by atoms with E-state index >= 15 is 0 Å². The molecule has 29 heavy (non-hydrogen) atoms. The molecule has 0 amide bonds. The molecule has 1 heterocycles. The van der Waals surface area contributed by atoms with Crippen LogP contribution in [0.5, 0.6) is 5.75 Å². The van der Waals surface area contributed by atoms with Gasteiger partial charge in [-0.15, -0.1) is 0 Å². The number of benzene rings is 2. The zero-order chi connectivity index (χ0) is 21.1. The van der Waals surface area contributed by atoms with E-state index in [4.69, 9.17) is 21.1 Å². The summed E-state index contributed by atoms with van der Waals surface area (Å²) in [5.74, 6) is 0.685. The molecule has 3 rings (SSSR count). The number of aliphatic hydroxyl groups excluding tert-OH is 5. The molecule has 1 aliphatic rings. The average molecular weight is 425 g/mol. The molecule has 6 atom stereocenters. The van der Waals surface area contributed by atoms with E-state index in [1.807, 2.05) is 6.92 Å². The Hall–Kier alpha value is -1.71. The first-order valence-corrected chi connectivity index (χ1v) is 9.75. The predicted octanol–water partition coefficient (Wildman–Crippen LogP) is 1.34. The van der Waals surface area contributed by atoms with Gasteiger partial charge in [0.1, 0.15) is 42.4 Å². The molecule has 0 bridgehead atoms. The van der Waals surface area contributed by atoms with Crippen molar-refractivity contribution in [3.8, 4) is 5.75 Å². The van der Waals surface area contributed by atoms with Crippen molar-refractivity contribution in [3.63, 3.8) is 0 Å².